The molecule has 1 aliphatic carbocycles. The van der Waals surface area contributed by atoms with Gasteiger partial charge in [-0.25, -0.2) is 8.42 Å². The molecule has 0 bridgehead atoms. The predicted molar refractivity (Wildman–Crippen MR) is 81.3 cm³/mol. The number of carbonyl (C=O) groups excluding carboxylic acids is 1. The van der Waals surface area contributed by atoms with Crippen molar-refractivity contribution in [3.05, 3.63) is 35.4 Å². The first-order valence-corrected chi connectivity index (χ1v) is 9.06. The molecule has 1 aromatic rings. The Morgan fingerprint density at radius 2 is 1.82 bits per heavy atom. The zero-order valence-corrected chi connectivity index (χ0v) is 13.1. The van der Waals surface area contributed by atoms with Crippen molar-refractivity contribution in [3.63, 3.8) is 0 Å². The second-order valence-corrected chi connectivity index (χ2v) is 8.07. The fraction of sp³-hybridized carbons (Fsp3) is 0.467. The molecule has 1 fully saturated rings. The number of amides is 1. The first-order valence-electron chi connectivity index (χ1n) is 7.00. The lowest BCUT2D eigenvalue weighted by Crippen LogP contribution is -2.54. The van der Waals surface area contributed by atoms with E-state index >= 15 is 0 Å². The standard InChI is InChI=1S/C15H19NO5S/c1-22(20,21)10-11-3-5-12(6-4-11)14(19)16-15(7-2-8-15)9-13(17)18/h3-6H,2,7-10H2,1H3,(H,16,19)(H,17,18). The molecule has 7 heteroatoms. The number of benzene rings is 1. The summed E-state index contributed by atoms with van der Waals surface area (Å²) in [5.41, 5.74) is 0.366. The van der Waals surface area contributed by atoms with Crippen LogP contribution in [0, 0.1) is 0 Å². The summed E-state index contributed by atoms with van der Waals surface area (Å²) in [6.07, 6.45) is 3.31. The maximum atomic E-state index is 12.2. The summed E-state index contributed by atoms with van der Waals surface area (Å²) in [5.74, 6) is -1.33. The maximum Gasteiger partial charge on any atom is 0.305 e. The Bertz CT molecular complexity index is 674. The molecule has 1 aliphatic rings. The summed E-state index contributed by atoms with van der Waals surface area (Å²) in [7, 11) is -3.11. The number of carbonyl (C=O) groups is 2. The van der Waals surface area contributed by atoms with Crippen molar-refractivity contribution in [2.24, 2.45) is 0 Å². The summed E-state index contributed by atoms with van der Waals surface area (Å²) in [4.78, 5) is 23.1. The fourth-order valence-corrected chi connectivity index (χ4v) is 3.41. The number of carboxylic acids is 1. The van der Waals surface area contributed by atoms with E-state index < -0.39 is 21.3 Å². The van der Waals surface area contributed by atoms with E-state index in [-0.39, 0.29) is 18.1 Å². The Hall–Kier alpha value is -1.89. The Morgan fingerprint density at radius 3 is 2.23 bits per heavy atom. The molecule has 2 N–H and O–H groups in total. The monoisotopic (exact) mass is 325 g/mol. The van der Waals surface area contributed by atoms with Gasteiger partial charge in [-0.2, -0.15) is 0 Å². The van der Waals surface area contributed by atoms with Crippen molar-refractivity contribution in [2.45, 2.75) is 37.0 Å². The molecule has 1 amide bonds. The van der Waals surface area contributed by atoms with E-state index in [2.05, 4.69) is 5.32 Å². The predicted octanol–water partition coefficient (Wildman–Crippen LogP) is 1.36. The molecule has 0 spiro atoms. The minimum atomic E-state index is -3.11. The van der Waals surface area contributed by atoms with Crippen LogP contribution < -0.4 is 5.32 Å². The minimum absolute atomic E-state index is 0.0716. The highest BCUT2D eigenvalue weighted by atomic mass is 32.2. The second kappa shape index (κ2) is 6.08. The molecular weight excluding hydrogens is 306 g/mol. The Kier molecular flexibility index (Phi) is 4.55. The molecule has 0 aromatic heterocycles. The van der Waals surface area contributed by atoms with E-state index in [0.717, 1.165) is 12.7 Å². The third-order valence-electron chi connectivity index (χ3n) is 3.82. The third kappa shape index (κ3) is 4.30. The maximum absolute atomic E-state index is 12.2. The van der Waals surface area contributed by atoms with Gasteiger partial charge in [-0.1, -0.05) is 12.1 Å². The van der Waals surface area contributed by atoms with Gasteiger partial charge in [-0.05, 0) is 37.0 Å². The van der Waals surface area contributed by atoms with Gasteiger partial charge in [-0.3, -0.25) is 9.59 Å². The molecule has 0 saturated heterocycles. The number of nitrogens with one attached hydrogen (secondary N) is 1. The highest BCUT2D eigenvalue weighted by Crippen LogP contribution is 2.35. The summed E-state index contributed by atoms with van der Waals surface area (Å²) in [5, 5.41) is 11.7. The number of carboxylic acid groups (broad SMARTS) is 1. The molecular formula is C15H19NO5S. The largest absolute Gasteiger partial charge is 0.481 e. The molecule has 2 rings (SSSR count). The van der Waals surface area contributed by atoms with Gasteiger partial charge < -0.3 is 10.4 Å². The number of hydrogen-bond acceptors (Lipinski definition) is 4. The lowest BCUT2D eigenvalue weighted by molar-refractivity contribution is -0.139. The van der Waals surface area contributed by atoms with Crippen LogP contribution in [-0.4, -0.2) is 37.2 Å². The number of aliphatic carboxylic acids is 1. The summed E-state index contributed by atoms with van der Waals surface area (Å²) in [6.45, 7) is 0. The SMILES string of the molecule is CS(=O)(=O)Cc1ccc(C(=O)NC2(CC(=O)O)CCC2)cc1. The minimum Gasteiger partial charge on any atom is -0.481 e. The summed E-state index contributed by atoms with van der Waals surface area (Å²) < 4.78 is 22.4. The topological polar surface area (TPSA) is 101 Å². The van der Waals surface area contributed by atoms with Crippen LogP contribution in [0.2, 0.25) is 0 Å². The molecule has 1 aromatic carbocycles. The van der Waals surface area contributed by atoms with Crippen molar-refractivity contribution in [1.82, 2.24) is 5.32 Å². The van der Waals surface area contributed by atoms with E-state index in [1.54, 1.807) is 24.3 Å². The lowest BCUT2D eigenvalue weighted by atomic mass is 9.74. The van der Waals surface area contributed by atoms with Crippen LogP contribution in [0.4, 0.5) is 0 Å². The van der Waals surface area contributed by atoms with E-state index in [0.29, 0.717) is 24.0 Å². The molecule has 22 heavy (non-hydrogen) atoms. The fourth-order valence-electron chi connectivity index (χ4n) is 2.61. The van der Waals surface area contributed by atoms with Gasteiger partial charge in [0.15, 0.2) is 9.84 Å². The molecule has 0 heterocycles. The number of rotatable bonds is 6. The Labute approximate surface area is 129 Å². The summed E-state index contributed by atoms with van der Waals surface area (Å²) >= 11 is 0. The average Bonchev–Trinajstić information content (AvgIpc) is 2.34. The van der Waals surface area contributed by atoms with E-state index in [9.17, 15) is 18.0 Å². The number of sulfone groups is 1. The average molecular weight is 325 g/mol. The highest BCUT2D eigenvalue weighted by Gasteiger charge is 2.40. The number of hydrogen-bond donors (Lipinski definition) is 2. The van der Waals surface area contributed by atoms with Gasteiger partial charge in [0.2, 0.25) is 0 Å². The lowest BCUT2D eigenvalue weighted by Gasteiger charge is -2.41. The first kappa shape index (κ1) is 16.5. The van der Waals surface area contributed by atoms with Crippen LogP contribution >= 0.6 is 0 Å². The van der Waals surface area contributed by atoms with Gasteiger partial charge in [-0.15, -0.1) is 0 Å². The molecule has 0 atom stereocenters. The van der Waals surface area contributed by atoms with Crippen molar-refractivity contribution < 1.29 is 23.1 Å². The van der Waals surface area contributed by atoms with Crippen LogP contribution in [0.1, 0.15) is 41.6 Å². The summed E-state index contributed by atoms with van der Waals surface area (Å²) in [6, 6.07) is 6.31. The van der Waals surface area contributed by atoms with E-state index in [4.69, 9.17) is 5.11 Å². The molecule has 0 unspecified atom stereocenters. The van der Waals surface area contributed by atoms with Crippen LogP contribution in [0.15, 0.2) is 24.3 Å². The smallest absolute Gasteiger partial charge is 0.305 e. The van der Waals surface area contributed by atoms with Gasteiger partial charge in [0.25, 0.3) is 5.91 Å². The highest BCUT2D eigenvalue weighted by molar-refractivity contribution is 7.89. The Balaban J connectivity index is 2.05. The third-order valence-corrected chi connectivity index (χ3v) is 4.68. The quantitative estimate of drug-likeness (QED) is 0.822. The molecule has 6 nitrogen and oxygen atoms in total. The molecule has 1 saturated carbocycles. The van der Waals surface area contributed by atoms with E-state index in [1.165, 1.54) is 0 Å². The van der Waals surface area contributed by atoms with Crippen LogP contribution in [0.25, 0.3) is 0 Å². The van der Waals surface area contributed by atoms with Crippen LogP contribution in [0.3, 0.4) is 0 Å². The molecule has 0 radical (unpaired) electrons. The molecule has 0 aliphatic heterocycles. The van der Waals surface area contributed by atoms with Crippen molar-refractivity contribution in [2.75, 3.05) is 6.26 Å². The van der Waals surface area contributed by atoms with Gasteiger partial charge in [0.1, 0.15) is 0 Å². The zero-order chi connectivity index (χ0) is 16.4. The first-order chi connectivity index (χ1) is 10.2. The van der Waals surface area contributed by atoms with Gasteiger partial charge in [0.05, 0.1) is 17.7 Å². The van der Waals surface area contributed by atoms with Gasteiger partial charge in [0, 0.05) is 11.8 Å². The van der Waals surface area contributed by atoms with E-state index in [1.807, 2.05) is 0 Å². The van der Waals surface area contributed by atoms with Crippen molar-refractivity contribution in [1.29, 1.82) is 0 Å². The zero-order valence-electron chi connectivity index (χ0n) is 12.3. The van der Waals surface area contributed by atoms with Crippen LogP contribution in [-0.2, 0) is 20.4 Å². The second-order valence-electron chi connectivity index (χ2n) is 5.93. The Morgan fingerprint density at radius 1 is 1.23 bits per heavy atom. The molecule has 120 valence electrons. The van der Waals surface area contributed by atoms with Crippen molar-refractivity contribution in [3.8, 4) is 0 Å². The normalized spacial score (nSPS) is 16.6. The van der Waals surface area contributed by atoms with Gasteiger partial charge >= 0.3 is 5.97 Å². The van der Waals surface area contributed by atoms with Crippen molar-refractivity contribution >= 4 is 21.7 Å². The van der Waals surface area contributed by atoms with Crippen LogP contribution in [0.5, 0.6) is 0 Å².